The van der Waals surface area contributed by atoms with Gasteiger partial charge in [0.1, 0.15) is 17.3 Å². The smallest absolute Gasteiger partial charge is 0.269 e. The van der Waals surface area contributed by atoms with Gasteiger partial charge in [-0.1, -0.05) is 278 Å². The van der Waals surface area contributed by atoms with Crippen molar-refractivity contribution in [2.24, 2.45) is 0 Å². The summed E-state index contributed by atoms with van der Waals surface area (Å²) in [5.41, 5.74) is -31.6. The van der Waals surface area contributed by atoms with Crippen molar-refractivity contribution >= 4 is 61.7 Å². The van der Waals surface area contributed by atoms with E-state index in [4.69, 9.17) is 9.72 Å². The molecule has 0 fully saturated rings. The van der Waals surface area contributed by atoms with Gasteiger partial charge in [0, 0.05) is 66.9 Å². The largest absolute Gasteiger partial charge is 0.458 e. The van der Waals surface area contributed by atoms with E-state index in [1.165, 1.54) is 31.4 Å². The Hall–Kier alpha value is -9.36. The highest BCUT2D eigenvalue weighted by Gasteiger charge is 2.43. The first-order valence-electron chi connectivity index (χ1n) is 50.4. The predicted molar refractivity (Wildman–Crippen MR) is 405 cm³/mol. The molecule has 15 rings (SSSR count). The normalized spacial score (nSPS) is 24.7. The first kappa shape index (κ1) is 33.1. The third-order valence-corrected chi connectivity index (χ3v) is 23.0. The minimum Gasteiger partial charge on any atom is -0.458 e. The van der Waals surface area contributed by atoms with Crippen molar-refractivity contribution in [3.8, 4) is 50.9 Å². The second-order valence-electron chi connectivity index (χ2n) is 26.8. The molecule has 13 aromatic rings. The zero-order valence-corrected chi connectivity index (χ0v) is 54.3. The van der Waals surface area contributed by atoms with Crippen molar-refractivity contribution in [3.63, 3.8) is 0 Å². The summed E-state index contributed by atoms with van der Waals surface area (Å²) in [6.45, 7) is -26.1. The van der Waals surface area contributed by atoms with Crippen LogP contribution in [0.15, 0.2) is 243 Å². The molecule has 6 heteroatoms. The van der Waals surface area contributed by atoms with Crippen LogP contribution in [0.2, 0.25) is 0 Å². The topological polar surface area (TPSA) is 35.9 Å². The van der Waals surface area contributed by atoms with Crippen LogP contribution in [0, 0.1) is 6.33 Å². The van der Waals surface area contributed by atoms with Gasteiger partial charge in [0.25, 0.3) is 6.33 Å². The zero-order valence-electron chi connectivity index (χ0n) is 91.3. The van der Waals surface area contributed by atoms with Crippen molar-refractivity contribution in [1.82, 2.24) is 14.1 Å². The quantitative estimate of drug-likeness (QED) is 0.0560. The van der Waals surface area contributed by atoms with Crippen LogP contribution < -0.4 is 30.1 Å². The Bertz CT molecular complexity index is 6560. The van der Waals surface area contributed by atoms with Crippen LogP contribution in [0.5, 0.6) is 11.5 Å². The fourth-order valence-electron chi connectivity index (χ4n) is 13.4. The van der Waals surface area contributed by atoms with Crippen LogP contribution in [0.25, 0.3) is 72.3 Å². The van der Waals surface area contributed by atoms with Crippen LogP contribution in [0.1, 0.15) is 207 Å². The Morgan fingerprint density at radius 1 is 0.479 bits per heavy atom. The molecular formula is C90H90N4OSi. The molecule has 5 nitrogen and oxygen atoms in total. The van der Waals surface area contributed by atoms with Gasteiger partial charge >= 0.3 is 0 Å². The standard InChI is InChI=1S/C90H90N4OSi/c1-85(2,3)62-45-50-91-83(55-62)94-79-36-25-24-35-71(79)72-41-39-66(57-81(72)94)95-65-28-26-27-64(56-65)92-59-93(80-44-40-70(58-82(80)92)96(67-29-18-15-19-30-67,68-31-20-16-21-32-68)69-33-22-17-23-34-69)84-73(60-37-42-75-77(51-60)89(11,12)48-46-87(75,7)8)53-63(86(4,5)6)54-74(84)61-38-43-76-78(52-61)90(13,14)49-47-88(76,9)10/h15-45,50-58H,46-49H2,1-14H3/i7D3,8D3,9D3,10D3,11D3,12D3,13D3,14D3,37D,38D,42D,43D,46D2,47D2,48D2,49D2,51D,52D. The maximum atomic E-state index is 11.0. The lowest BCUT2D eigenvalue weighted by Crippen LogP contribution is -2.74. The minimum atomic E-state index is -4.91. The highest BCUT2D eigenvalue weighted by atomic mass is 28.3. The second kappa shape index (κ2) is 22.9. The van der Waals surface area contributed by atoms with Crippen LogP contribution in [0.4, 0.5) is 0 Å². The Balaban J connectivity index is 1.19. The fraction of sp³-hybridized carbons (Fsp3) is 0.267. The summed E-state index contributed by atoms with van der Waals surface area (Å²) >= 11 is 0. The molecule has 480 valence electrons. The van der Waals surface area contributed by atoms with Crippen LogP contribution in [-0.2, 0) is 32.5 Å². The minimum absolute atomic E-state index is 0.0402. The van der Waals surface area contributed by atoms with Gasteiger partial charge in [-0.15, -0.1) is 0 Å². The summed E-state index contributed by atoms with van der Waals surface area (Å²) in [6.07, 6.45) is -14.4. The Labute approximate surface area is 623 Å². The third-order valence-electron chi connectivity index (χ3n) is 18.2. The number of pyridine rings is 1. The average molecular weight is 1310 g/mol. The van der Waals surface area contributed by atoms with Gasteiger partial charge in [0.05, 0.1) is 41.7 Å². The van der Waals surface area contributed by atoms with Crippen molar-refractivity contribution in [2.45, 2.75) is 154 Å². The van der Waals surface area contributed by atoms with Crippen molar-refractivity contribution < 1.29 is 61.4 Å². The number of hydrogen-bond donors (Lipinski definition) is 0. The first-order valence-corrected chi connectivity index (χ1v) is 33.4. The SMILES string of the molecule is [2H]c1c([2H])c2c(c([2H])c1-c1cc(C(C)(C)C)cc(-c3c([2H])c([2H])c4c(c3[2H])C(C([2H])([2H])[2H])(C([2H])([2H])[2H])C([2H])([2H])C([2H])([2H])C4(C([2H])([2H])[2H])C([2H])([2H])[2H])c1-[n+]1[c-]n(-c3cccc(Oc4ccc5c6ccccc6n(-c6cc(C(C)(C)C)ccn6)c5c4)c3)c3cc([Si](c4ccccc4)(c4ccccc4)c4ccccc4)ccc31)C(C([2H])([2H])[2H])(C([2H])([2H])[2H])C([2H])([2H])C([2H])([2H])C2(C([2H])([2H])[2H])C([2H])([2H])[2H]. The highest BCUT2D eigenvalue weighted by Crippen LogP contribution is 2.51. The summed E-state index contributed by atoms with van der Waals surface area (Å²) in [5.74, 6) is 0.971. The van der Waals surface area contributed by atoms with E-state index in [1.54, 1.807) is 48.7 Å². The Morgan fingerprint density at radius 2 is 1.00 bits per heavy atom. The van der Waals surface area contributed by atoms with E-state index >= 15 is 0 Å². The van der Waals surface area contributed by atoms with Crippen molar-refractivity contribution in [1.29, 1.82) is 0 Å². The van der Waals surface area contributed by atoms with Gasteiger partial charge in [-0.25, -0.2) is 4.98 Å². The molecule has 3 aromatic heterocycles. The van der Waals surface area contributed by atoms with Crippen molar-refractivity contribution in [2.75, 3.05) is 0 Å². The fourth-order valence-corrected chi connectivity index (χ4v) is 18.1. The first-order chi connectivity index (χ1) is 61.4. The van der Waals surface area contributed by atoms with E-state index in [-0.39, 0.29) is 39.2 Å². The van der Waals surface area contributed by atoms with Crippen LogP contribution >= 0.6 is 0 Å². The summed E-state index contributed by atoms with van der Waals surface area (Å²) in [4.78, 5) is 4.86. The van der Waals surface area contributed by atoms with Crippen molar-refractivity contribution in [3.05, 3.63) is 282 Å². The number of benzene rings is 10. The lowest BCUT2D eigenvalue weighted by molar-refractivity contribution is -0.571. The molecule has 0 saturated carbocycles. The number of aromatic nitrogens is 4. The molecule has 3 heterocycles. The molecule has 10 aromatic carbocycles. The molecule has 0 saturated heterocycles. The van der Waals surface area contributed by atoms with Gasteiger partial charge < -0.3 is 4.74 Å². The van der Waals surface area contributed by atoms with Gasteiger partial charge in [0.15, 0.2) is 8.07 Å². The molecule has 0 bridgehead atoms. The Kier molecular flexibility index (Phi) is 7.89. The monoisotopic (exact) mass is 1310 g/mol. The molecule has 0 atom stereocenters. The van der Waals surface area contributed by atoms with E-state index in [0.29, 0.717) is 16.5 Å². The maximum Gasteiger partial charge on any atom is 0.269 e. The number of ether oxygens (including phenoxy) is 1. The van der Waals surface area contributed by atoms with E-state index in [0.717, 1.165) is 54.1 Å². The molecule has 0 radical (unpaired) electrons. The van der Waals surface area contributed by atoms with E-state index in [2.05, 4.69) is 27.1 Å². The third kappa shape index (κ3) is 10.7. The lowest BCUT2D eigenvalue weighted by Gasteiger charge is -2.42. The zero-order chi connectivity index (χ0) is 99.3. The highest BCUT2D eigenvalue weighted by molar-refractivity contribution is 7.20. The van der Waals surface area contributed by atoms with Crippen LogP contribution in [0.3, 0.4) is 0 Å². The molecule has 2 aliphatic carbocycles. The number of imidazole rings is 1. The molecule has 2 aliphatic rings. The summed E-state index contributed by atoms with van der Waals surface area (Å²) in [5, 5.41) is 4.63. The average Bonchev–Trinajstić information content (AvgIpc) is 0.811. The number of rotatable bonds is 11. The maximum absolute atomic E-state index is 11.0. The summed E-state index contributed by atoms with van der Waals surface area (Å²) in [6, 6.07) is 48.4. The van der Waals surface area contributed by atoms with Gasteiger partial charge in [0.2, 0.25) is 0 Å². The summed E-state index contributed by atoms with van der Waals surface area (Å²) in [7, 11) is -3.86. The second-order valence-corrected chi connectivity index (χ2v) is 30.6. The number of nitrogens with zero attached hydrogens (tertiary/aromatic N) is 4. The number of para-hydroxylation sites is 1. The molecule has 0 aliphatic heterocycles. The van der Waals surface area contributed by atoms with E-state index in [1.807, 2.05) is 144 Å². The van der Waals surface area contributed by atoms with Gasteiger partial charge in [-0.3, -0.25) is 13.7 Å². The molecule has 0 spiro atoms. The van der Waals surface area contributed by atoms with Gasteiger partial charge in [-0.05, 0) is 183 Å². The number of hydrogen-bond acceptors (Lipinski definition) is 2. The van der Waals surface area contributed by atoms with Gasteiger partial charge in [-0.2, -0.15) is 0 Å². The molecular weight excluding hydrogens is 1180 g/mol. The molecule has 0 unspecified atom stereocenters. The number of fused-ring (bicyclic) bond motifs is 6. The van der Waals surface area contributed by atoms with E-state index < -0.39 is 202 Å². The Morgan fingerprint density at radius 3 is 1.55 bits per heavy atom. The van der Waals surface area contributed by atoms with E-state index in [9.17, 15) is 52.1 Å². The van der Waals surface area contributed by atoms with Crippen LogP contribution in [-0.4, -0.2) is 22.2 Å². The molecule has 0 amide bonds. The predicted octanol–water partition coefficient (Wildman–Crippen LogP) is 20.0. The lowest BCUT2D eigenvalue weighted by atomic mass is 9.62. The summed E-state index contributed by atoms with van der Waals surface area (Å²) < 4.78 is 377. The molecule has 0 N–H and O–H groups in total. The molecule has 96 heavy (non-hydrogen) atoms.